The van der Waals surface area contributed by atoms with Gasteiger partial charge in [0.2, 0.25) is 5.91 Å². The number of likely N-dealkylation sites (N-methyl/N-ethyl adjacent to an activating group) is 1. The van der Waals surface area contributed by atoms with Gasteiger partial charge < -0.3 is 10.2 Å². The van der Waals surface area contributed by atoms with Gasteiger partial charge >= 0.3 is 0 Å². The van der Waals surface area contributed by atoms with Crippen molar-refractivity contribution >= 4 is 23.1 Å². The summed E-state index contributed by atoms with van der Waals surface area (Å²) in [6.07, 6.45) is 0. The maximum atomic E-state index is 12.3. The lowest BCUT2D eigenvalue weighted by atomic mass is 10.1. The highest BCUT2D eigenvalue weighted by atomic mass is 16.2. The first-order chi connectivity index (χ1) is 10.6. The molecule has 4 heteroatoms. The van der Waals surface area contributed by atoms with Crippen molar-refractivity contribution in [2.24, 2.45) is 0 Å². The van der Waals surface area contributed by atoms with Gasteiger partial charge in [-0.15, -0.1) is 0 Å². The zero-order valence-electron chi connectivity index (χ0n) is 12.9. The van der Waals surface area contributed by atoms with Gasteiger partial charge in [0, 0.05) is 17.8 Å². The van der Waals surface area contributed by atoms with Crippen LogP contribution < -0.4 is 10.2 Å². The number of para-hydroxylation sites is 2. The molecule has 1 amide bonds. The third-order valence-electron chi connectivity index (χ3n) is 3.42. The number of amides is 1. The van der Waals surface area contributed by atoms with Gasteiger partial charge in [-0.1, -0.05) is 30.3 Å². The second-order valence-electron chi connectivity index (χ2n) is 5.00. The number of nitrogens with one attached hydrogen (secondary N) is 1. The average Bonchev–Trinajstić information content (AvgIpc) is 2.53. The molecule has 0 radical (unpaired) electrons. The van der Waals surface area contributed by atoms with Crippen molar-refractivity contribution in [1.82, 2.24) is 0 Å². The Morgan fingerprint density at radius 1 is 1.00 bits per heavy atom. The van der Waals surface area contributed by atoms with Crippen LogP contribution in [0.5, 0.6) is 0 Å². The second kappa shape index (κ2) is 7.41. The molecule has 0 aromatic heterocycles. The van der Waals surface area contributed by atoms with Crippen LogP contribution >= 0.6 is 0 Å². The third kappa shape index (κ3) is 3.95. The van der Waals surface area contributed by atoms with Crippen molar-refractivity contribution in [3.05, 3.63) is 60.2 Å². The van der Waals surface area contributed by atoms with E-state index in [1.807, 2.05) is 42.2 Å². The molecule has 0 aliphatic carbocycles. The highest BCUT2D eigenvalue weighted by Gasteiger charge is 2.13. The molecule has 0 saturated heterocycles. The number of Topliss-reactive ketones (excluding diaryl/α,β-unsaturated/α-hetero) is 1. The Kier molecular flexibility index (Phi) is 5.31. The standard InChI is InChI=1S/C18H20N2O2/c1-3-20(15-9-5-4-6-10-15)13-18(22)19-17-12-8-7-11-16(17)14(2)21/h4-12H,3,13H2,1-2H3,(H,19,22). The van der Waals surface area contributed by atoms with Gasteiger partial charge in [-0.2, -0.15) is 0 Å². The molecule has 0 bridgehead atoms. The van der Waals surface area contributed by atoms with Crippen molar-refractivity contribution in [3.63, 3.8) is 0 Å². The van der Waals surface area contributed by atoms with Crippen LogP contribution in [0.1, 0.15) is 24.2 Å². The summed E-state index contributed by atoms with van der Waals surface area (Å²) >= 11 is 0. The lowest BCUT2D eigenvalue weighted by Gasteiger charge is -2.22. The molecule has 4 nitrogen and oxygen atoms in total. The predicted molar refractivity (Wildman–Crippen MR) is 89.4 cm³/mol. The summed E-state index contributed by atoms with van der Waals surface area (Å²) in [7, 11) is 0. The fourth-order valence-corrected chi connectivity index (χ4v) is 2.29. The Morgan fingerprint density at radius 2 is 1.64 bits per heavy atom. The number of carbonyl (C=O) groups is 2. The molecule has 114 valence electrons. The van der Waals surface area contributed by atoms with Crippen LogP contribution in [-0.2, 0) is 4.79 Å². The van der Waals surface area contributed by atoms with Crippen LogP contribution in [0.4, 0.5) is 11.4 Å². The first-order valence-corrected chi connectivity index (χ1v) is 7.31. The fourth-order valence-electron chi connectivity index (χ4n) is 2.29. The van der Waals surface area contributed by atoms with Gasteiger partial charge in [-0.3, -0.25) is 9.59 Å². The quantitative estimate of drug-likeness (QED) is 0.832. The van der Waals surface area contributed by atoms with Crippen LogP contribution in [0.2, 0.25) is 0 Å². The molecule has 22 heavy (non-hydrogen) atoms. The molecular weight excluding hydrogens is 276 g/mol. The summed E-state index contributed by atoms with van der Waals surface area (Å²) in [6.45, 7) is 4.47. The fraction of sp³-hybridized carbons (Fsp3) is 0.222. The van der Waals surface area contributed by atoms with E-state index in [1.165, 1.54) is 6.92 Å². The van der Waals surface area contributed by atoms with E-state index in [-0.39, 0.29) is 18.2 Å². The molecule has 0 unspecified atom stereocenters. The summed E-state index contributed by atoms with van der Waals surface area (Å²) in [4.78, 5) is 25.8. The maximum Gasteiger partial charge on any atom is 0.243 e. The molecular formula is C18H20N2O2. The van der Waals surface area contributed by atoms with Gasteiger partial charge in [0.1, 0.15) is 0 Å². The maximum absolute atomic E-state index is 12.3. The number of nitrogens with zero attached hydrogens (tertiary/aromatic N) is 1. The summed E-state index contributed by atoms with van der Waals surface area (Å²) in [5, 5.41) is 2.82. The van der Waals surface area contributed by atoms with Gasteiger partial charge in [0.15, 0.2) is 5.78 Å². The zero-order valence-corrected chi connectivity index (χ0v) is 12.9. The molecule has 0 spiro atoms. The Bertz CT molecular complexity index is 653. The molecule has 2 rings (SSSR count). The van der Waals surface area contributed by atoms with Crippen LogP contribution in [0.15, 0.2) is 54.6 Å². The first kappa shape index (κ1) is 15.8. The number of hydrogen-bond donors (Lipinski definition) is 1. The Morgan fingerprint density at radius 3 is 2.27 bits per heavy atom. The van der Waals surface area contributed by atoms with Crippen LogP contribution in [0.3, 0.4) is 0 Å². The van der Waals surface area contributed by atoms with Crippen molar-refractivity contribution in [1.29, 1.82) is 0 Å². The Hall–Kier alpha value is -2.62. The number of ketones is 1. The van der Waals surface area contributed by atoms with Gasteiger partial charge in [0.25, 0.3) is 0 Å². The Balaban J connectivity index is 2.08. The molecule has 2 aromatic carbocycles. The predicted octanol–water partition coefficient (Wildman–Crippen LogP) is 3.35. The highest BCUT2D eigenvalue weighted by Crippen LogP contribution is 2.16. The van der Waals surface area contributed by atoms with E-state index in [2.05, 4.69) is 5.32 Å². The van der Waals surface area contributed by atoms with E-state index >= 15 is 0 Å². The lowest BCUT2D eigenvalue weighted by Crippen LogP contribution is -2.33. The van der Waals surface area contributed by atoms with Crippen molar-refractivity contribution < 1.29 is 9.59 Å². The van der Waals surface area contributed by atoms with Gasteiger partial charge in [-0.05, 0) is 38.1 Å². The topological polar surface area (TPSA) is 49.4 Å². The van der Waals surface area contributed by atoms with E-state index in [0.717, 1.165) is 12.2 Å². The molecule has 0 heterocycles. The number of anilines is 2. The number of benzene rings is 2. The number of hydrogen-bond acceptors (Lipinski definition) is 3. The van der Waals surface area contributed by atoms with Crippen LogP contribution in [-0.4, -0.2) is 24.8 Å². The number of rotatable bonds is 6. The molecule has 0 fully saturated rings. The Labute approximate surface area is 130 Å². The van der Waals surface area contributed by atoms with Crippen molar-refractivity contribution in [3.8, 4) is 0 Å². The van der Waals surface area contributed by atoms with E-state index in [0.29, 0.717) is 11.3 Å². The highest BCUT2D eigenvalue weighted by molar-refractivity contribution is 6.04. The second-order valence-corrected chi connectivity index (χ2v) is 5.00. The molecule has 0 aliphatic heterocycles. The summed E-state index contributed by atoms with van der Waals surface area (Å²) in [5.74, 6) is -0.203. The normalized spacial score (nSPS) is 10.1. The summed E-state index contributed by atoms with van der Waals surface area (Å²) in [6, 6.07) is 16.8. The first-order valence-electron chi connectivity index (χ1n) is 7.31. The van der Waals surface area contributed by atoms with E-state index in [1.54, 1.807) is 24.3 Å². The lowest BCUT2D eigenvalue weighted by molar-refractivity contribution is -0.115. The summed E-state index contributed by atoms with van der Waals surface area (Å²) in [5.41, 5.74) is 2.09. The zero-order chi connectivity index (χ0) is 15.9. The minimum atomic E-state index is -0.139. The van der Waals surface area contributed by atoms with Crippen molar-refractivity contribution in [2.45, 2.75) is 13.8 Å². The van der Waals surface area contributed by atoms with E-state index < -0.39 is 0 Å². The molecule has 0 atom stereocenters. The minimum Gasteiger partial charge on any atom is -0.362 e. The molecule has 0 saturated carbocycles. The average molecular weight is 296 g/mol. The van der Waals surface area contributed by atoms with Crippen LogP contribution in [0.25, 0.3) is 0 Å². The largest absolute Gasteiger partial charge is 0.362 e. The summed E-state index contributed by atoms with van der Waals surface area (Å²) < 4.78 is 0. The number of carbonyl (C=O) groups excluding carboxylic acids is 2. The van der Waals surface area contributed by atoms with Gasteiger partial charge in [-0.25, -0.2) is 0 Å². The molecule has 2 aromatic rings. The van der Waals surface area contributed by atoms with Crippen molar-refractivity contribution in [2.75, 3.05) is 23.3 Å². The van der Waals surface area contributed by atoms with E-state index in [4.69, 9.17) is 0 Å². The van der Waals surface area contributed by atoms with Crippen LogP contribution in [0, 0.1) is 0 Å². The third-order valence-corrected chi connectivity index (χ3v) is 3.42. The molecule has 0 aliphatic rings. The SMILES string of the molecule is CCN(CC(=O)Nc1ccccc1C(C)=O)c1ccccc1. The monoisotopic (exact) mass is 296 g/mol. The molecule has 1 N–H and O–H groups in total. The minimum absolute atomic E-state index is 0.0636. The van der Waals surface area contributed by atoms with Gasteiger partial charge in [0.05, 0.1) is 12.2 Å². The smallest absolute Gasteiger partial charge is 0.243 e. The van der Waals surface area contributed by atoms with E-state index in [9.17, 15) is 9.59 Å².